The van der Waals surface area contributed by atoms with Gasteiger partial charge in [-0.2, -0.15) is 0 Å². The van der Waals surface area contributed by atoms with Crippen LogP contribution in [0.25, 0.3) is 6.08 Å². The third-order valence-electron chi connectivity index (χ3n) is 7.25. The summed E-state index contributed by atoms with van der Waals surface area (Å²) >= 11 is 1.49. The van der Waals surface area contributed by atoms with Gasteiger partial charge >= 0.3 is 0 Å². The molecule has 0 atom stereocenters. The zero-order chi connectivity index (χ0) is 27.5. The number of pyridine rings is 1. The van der Waals surface area contributed by atoms with Gasteiger partial charge in [-0.3, -0.25) is 9.59 Å². The number of aromatic nitrogens is 1. The van der Waals surface area contributed by atoms with Crippen molar-refractivity contribution in [2.24, 2.45) is 0 Å². The van der Waals surface area contributed by atoms with Gasteiger partial charge in [0.05, 0.1) is 17.1 Å². The van der Waals surface area contributed by atoms with Gasteiger partial charge in [-0.05, 0) is 60.5 Å². The predicted octanol–water partition coefficient (Wildman–Crippen LogP) is 6.03. The van der Waals surface area contributed by atoms with Crippen molar-refractivity contribution in [3.63, 3.8) is 0 Å². The fourth-order valence-corrected chi connectivity index (χ4v) is 6.21. The van der Waals surface area contributed by atoms with Gasteiger partial charge in [-0.25, -0.2) is 4.98 Å². The Hall–Kier alpha value is -4.36. The van der Waals surface area contributed by atoms with E-state index >= 15 is 0 Å². The van der Waals surface area contributed by atoms with Crippen LogP contribution in [-0.2, 0) is 11.3 Å². The van der Waals surface area contributed by atoms with Crippen molar-refractivity contribution in [2.75, 3.05) is 36.0 Å². The number of hydrogen-bond acceptors (Lipinski definition) is 5. The molecule has 2 aliphatic rings. The monoisotopic (exact) mass is 546 g/mol. The molecule has 0 aliphatic carbocycles. The van der Waals surface area contributed by atoms with Crippen LogP contribution in [0.1, 0.15) is 27.0 Å². The Balaban J connectivity index is 1.17. The van der Waals surface area contributed by atoms with Crippen molar-refractivity contribution in [3.05, 3.63) is 124 Å². The van der Waals surface area contributed by atoms with E-state index in [-0.39, 0.29) is 11.8 Å². The molecule has 1 fully saturated rings. The summed E-state index contributed by atoms with van der Waals surface area (Å²) in [6, 6.07) is 29.7. The lowest BCUT2D eigenvalue weighted by Gasteiger charge is -2.35. The second-order valence-corrected chi connectivity index (χ2v) is 11.1. The van der Waals surface area contributed by atoms with Gasteiger partial charge in [0.1, 0.15) is 5.82 Å². The number of carbonyl (C=O) groups excluding carboxylic acids is 2. The number of amides is 2. The van der Waals surface area contributed by atoms with Gasteiger partial charge in [0.15, 0.2) is 0 Å². The van der Waals surface area contributed by atoms with Crippen LogP contribution in [-0.4, -0.2) is 47.9 Å². The highest BCUT2D eigenvalue weighted by Crippen LogP contribution is 2.42. The average molecular weight is 547 g/mol. The van der Waals surface area contributed by atoms with Crippen LogP contribution in [0.5, 0.6) is 0 Å². The number of piperazine rings is 1. The van der Waals surface area contributed by atoms with Crippen LogP contribution < -0.4 is 9.80 Å². The number of hydrogen-bond donors (Lipinski definition) is 0. The SMILES string of the molecule is Cc1cccc(CN2C(=O)/C(=C\c3ccc(C(=O)N4CCN(c5ccccn5)CC4)cc3)Sc3ccccc32)c1. The fourth-order valence-electron chi connectivity index (χ4n) is 5.15. The highest BCUT2D eigenvalue weighted by atomic mass is 32.2. The second-order valence-electron chi connectivity index (χ2n) is 10.0. The van der Waals surface area contributed by atoms with Crippen LogP contribution in [0.2, 0.25) is 0 Å². The van der Waals surface area contributed by atoms with E-state index in [1.165, 1.54) is 17.3 Å². The Bertz CT molecular complexity index is 1560. The maximum atomic E-state index is 13.7. The number of nitrogens with zero attached hydrogens (tertiary/aromatic N) is 4. The van der Waals surface area contributed by atoms with Crippen molar-refractivity contribution < 1.29 is 9.59 Å². The Kier molecular flexibility index (Phi) is 7.38. The molecule has 3 heterocycles. The Morgan fingerprint density at radius 3 is 2.42 bits per heavy atom. The number of anilines is 2. The van der Waals surface area contributed by atoms with Crippen LogP contribution >= 0.6 is 11.8 Å². The van der Waals surface area contributed by atoms with Crippen molar-refractivity contribution in [3.8, 4) is 0 Å². The topological polar surface area (TPSA) is 56.8 Å². The van der Waals surface area contributed by atoms with Crippen molar-refractivity contribution in [1.82, 2.24) is 9.88 Å². The summed E-state index contributed by atoms with van der Waals surface area (Å²) in [4.78, 5) is 38.9. The Morgan fingerprint density at radius 1 is 0.900 bits per heavy atom. The summed E-state index contributed by atoms with van der Waals surface area (Å²) in [6.07, 6.45) is 3.72. The number of thioether (sulfide) groups is 1. The Labute approximate surface area is 238 Å². The third kappa shape index (κ3) is 5.51. The van der Waals surface area contributed by atoms with E-state index in [0.29, 0.717) is 30.1 Å². The first-order valence-corrected chi connectivity index (χ1v) is 14.3. The van der Waals surface area contributed by atoms with Crippen molar-refractivity contribution in [2.45, 2.75) is 18.4 Å². The number of fused-ring (bicyclic) bond motifs is 1. The summed E-state index contributed by atoms with van der Waals surface area (Å²) in [7, 11) is 0. The summed E-state index contributed by atoms with van der Waals surface area (Å²) in [5, 5.41) is 0. The maximum Gasteiger partial charge on any atom is 0.265 e. The number of aryl methyl sites for hydroxylation is 1. The first kappa shape index (κ1) is 25.9. The Morgan fingerprint density at radius 2 is 1.68 bits per heavy atom. The minimum absolute atomic E-state index is 0.0175. The molecule has 1 saturated heterocycles. The van der Waals surface area contributed by atoms with E-state index in [9.17, 15) is 9.59 Å². The zero-order valence-corrected chi connectivity index (χ0v) is 23.2. The smallest absolute Gasteiger partial charge is 0.265 e. The number of para-hydroxylation sites is 1. The quantitative estimate of drug-likeness (QED) is 0.286. The second kappa shape index (κ2) is 11.4. The molecule has 0 radical (unpaired) electrons. The molecular formula is C33H30N4O2S. The van der Waals surface area contributed by atoms with Crippen LogP contribution in [0, 0.1) is 6.92 Å². The first-order valence-electron chi connectivity index (χ1n) is 13.5. The minimum atomic E-state index is -0.0175. The van der Waals surface area contributed by atoms with Gasteiger partial charge < -0.3 is 14.7 Å². The third-order valence-corrected chi connectivity index (χ3v) is 8.33. The largest absolute Gasteiger partial charge is 0.353 e. The number of carbonyl (C=O) groups is 2. The van der Waals surface area contributed by atoms with Gasteiger partial charge in [0.25, 0.3) is 11.8 Å². The van der Waals surface area contributed by atoms with Gasteiger partial charge in [0, 0.05) is 42.8 Å². The van der Waals surface area contributed by atoms with E-state index in [1.807, 2.05) is 82.6 Å². The molecule has 2 aliphatic heterocycles. The highest BCUT2D eigenvalue weighted by molar-refractivity contribution is 8.04. The lowest BCUT2D eigenvalue weighted by atomic mass is 10.1. The molecule has 0 spiro atoms. The predicted molar refractivity (Wildman–Crippen MR) is 161 cm³/mol. The zero-order valence-electron chi connectivity index (χ0n) is 22.4. The first-order chi connectivity index (χ1) is 19.5. The molecule has 40 heavy (non-hydrogen) atoms. The van der Waals surface area contributed by atoms with E-state index in [1.54, 1.807) is 6.20 Å². The van der Waals surface area contributed by atoms with Gasteiger partial charge in [-0.1, -0.05) is 71.9 Å². The van der Waals surface area contributed by atoms with E-state index in [4.69, 9.17) is 0 Å². The molecule has 2 amide bonds. The maximum absolute atomic E-state index is 13.7. The summed E-state index contributed by atoms with van der Waals surface area (Å²) in [5.74, 6) is 0.958. The molecule has 200 valence electrons. The van der Waals surface area contributed by atoms with E-state index in [0.717, 1.165) is 40.6 Å². The minimum Gasteiger partial charge on any atom is -0.353 e. The molecule has 0 unspecified atom stereocenters. The molecule has 0 bridgehead atoms. The van der Waals surface area contributed by atoms with Crippen molar-refractivity contribution in [1.29, 1.82) is 0 Å². The van der Waals surface area contributed by atoms with E-state index < -0.39 is 0 Å². The van der Waals surface area contributed by atoms with Gasteiger partial charge in [0.2, 0.25) is 0 Å². The summed E-state index contributed by atoms with van der Waals surface area (Å²) < 4.78 is 0. The standard InChI is InChI=1S/C33H30N4O2S/c1-24-7-6-8-26(21-24)23-37-28-9-2-3-10-29(28)40-30(33(37)39)22-25-12-14-27(15-13-25)32(38)36-19-17-35(18-20-36)31-11-4-5-16-34-31/h2-16,21-22H,17-20,23H2,1H3/b30-22+. The summed E-state index contributed by atoms with van der Waals surface area (Å²) in [5.41, 5.74) is 4.74. The fraction of sp³-hybridized carbons (Fsp3) is 0.182. The molecule has 0 saturated carbocycles. The molecular weight excluding hydrogens is 516 g/mol. The molecule has 7 heteroatoms. The van der Waals surface area contributed by atoms with Crippen molar-refractivity contribution >= 4 is 41.2 Å². The molecule has 6 rings (SSSR count). The highest BCUT2D eigenvalue weighted by Gasteiger charge is 2.29. The van der Waals surface area contributed by atoms with Crippen LogP contribution in [0.4, 0.5) is 11.5 Å². The lowest BCUT2D eigenvalue weighted by Crippen LogP contribution is -2.49. The van der Waals surface area contributed by atoms with Crippen LogP contribution in [0.3, 0.4) is 0 Å². The molecule has 3 aromatic carbocycles. The van der Waals surface area contributed by atoms with E-state index in [2.05, 4.69) is 41.1 Å². The lowest BCUT2D eigenvalue weighted by molar-refractivity contribution is -0.114. The number of benzene rings is 3. The normalized spacial score (nSPS) is 16.3. The summed E-state index contributed by atoms with van der Waals surface area (Å²) in [6.45, 7) is 5.40. The molecule has 6 nitrogen and oxygen atoms in total. The van der Waals surface area contributed by atoms with Crippen LogP contribution in [0.15, 0.2) is 107 Å². The molecule has 4 aromatic rings. The number of rotatable bonds is 5. The van der Waals surface area contributed by atoms with Gasteiger partial charge in [-0.15, -0.1) is 0 Å². The molecule has 0 N–H and O–H groups in total. The average Bonchev–Trinajstić information content (AvgIpc) is 3.00. The molecule has 1 aromatic heterocycles.